The van der Waals surface area contributed by atoms with E-state index < -0.39 is 17.7 Å². The van der Waals surface area contributed by atoms with Crippen molar-refractivity contribution in [3.05, 3.63) is 82.9 Å². The Morgan fingerprint density at radius 1 is 0.976 bits per heavy atom. The van der Waals surface area contributed by atoms with Gasteiger partial charge < -0.3 is 19.3 Å². The van der Waals surface area contributed by atoms with Crippen LogP contribution in [0.25, 0.3) is 16.0 Å². The number of aliphatic hydroxyl groups excluding tert-OH is 1. The molecule has 2 heterocycles. The molecule has 0 aliphatic carbocycles. The first-order chi connectivity index (χ1) is 20.4. The molecule has 1 aromatic heterocycles. The van der Waals surface area contributed by atoms with Crippen LogP contribution >= 0.6 is 11.3 Å². The summed E-state index contributed by atoms with van der Waals surface area (Å²) < 4.78 is 18.2. The molecule has 1 saturated heterocycles. The van der Waals surface area contributed by atoms with Crippen LogP contribution in [-0.4, -0.2) is 42.1 Å². The molecule has 42 heavy (non-hydrogen) atoms. The predicted molar refractivity (Wildman–Crippen MR) is 165 cm³/mol. The third-order valence-electron chi connectivity index (χ3n) is 7.02. The zero-order valence-electron chi connectivity index (χ0n) is 24.2. The molecule has 1 fully saturated rings. The number of carbonyl (C=O) groups excluding carboxylic acids is 2. The predicted octanol–water partition coefficient (Wildman–Crippen LogP) is 7.21. The number of rotatable bonds is 11. The minimum Gasteiger partial charge on any atom is -0.507 e. The van der Waals surface area contributed by atoms with Gasteiger partial charge in [0.25, 0.3) is 5.78 Å². The number of Topliss-reactive ketones (excluding diaryl/α,β-unsaturated/α-hetero) is 1. The zero-order chi connectivity index (χ0) is 29.8. The van der Waals surface area contributed by atoms with Gasteiger partial charge in [0.15, 0.2) is 16.6 Å². The van der Waals surface area contributed by atoms with E-state index in [9.17, 15) is 14.7 Å². The van der Waals surface area contributed by atoms with Gasteiger partial charge in [0.2, 0.25) is 0 Å². The lowest BCUT2D eigenvalue weighted by atomic mass is 9.95. The number of aromatic nitrogens is 1. The van der Waals surface area contributed by atoms with Gasteiger partial charge >= 0.3 is 5.91 Å². The Balaban J connectivity index is 1.67. The van der Waals surface area contributed by atoms with Gasteiger partial charge in [0.05, 0.1) is 42.2 Å². The van der Waals surface area contributed by atoms with Crippen LogP contribution in [0.4, 0.5) is 5.13 Å². The van der Waals surface area contributed by atoms with E-state index in [4.69, 9.17) is 19.2 Å². The lowest BCUT2D eigenvalue weighted by Crippen LogP contribution is -2.29. The number of aliphatic hydroxyl groups is 1. The molecule has 218 valence electrons. The van der Waals surface area contributed by atoms with Crippen LogP contribution in [0.2, 0.25) is 0 Å². The molecule has 4 aromatic rings. The smallest absolute Gasteiger partial charge is 0.301 e. The maximum Gasteiger partial charge on any atom is 0.301 e. The minimum absolute atomic E-state index is 0.0372. The Labute approximate surface area is 249 Å². The summed E-state index contributed by atoms with van der Waals surface area (Å²) in [5, 5.41) is 12.0. The number of fused-ring (bicyclic) bond motifs is 1. The van der Waals surface area contributed by atoms with Crippen LogP contribution in [0.1, 0.15) is 55.8 Å². The SMILES string of the molecule is CCCCOc1ccc(C2C(=C(O)c3cccc(OCCC)c3)C(=O)C(=O)N2c2nc3ccc(C)cc3s2)cc1OC. The fourth-order valence-corrected chi connectivity index (χ4v) is 5.97. The molecule has 3 aromatic carbocycles. The van der Waals surface area contributed by atoms with Gasteiger partial charge in [-0.1, -0.05) is 55.9 Å². The molecular weight excluding hydrogens is 552 g/mol. The molecule has 1 N–H and O–H groups in total. The van der Waals surface area contributed by atoms with Crippen molar-refractivity contribution in [2.45, 2.75) is 46.1 Å². The number of unbranched alkanes of at least 4 members (excludes halogenated alkanes) is 1. The van der Waals surface area contributed by atoms with Crippen molar-refractivity contribution in [3.63, 3.8) is 0 Å². The second-order valence-corrected chi connectivity index (χ2v) is 11.1. The van der Waals surface area contributed by atoms with Crippen LogP contribution in [0.3, 0.4) is 0 Å². The van der Waals surface area contributed by atoms with E-state index >= 15 is 0 Å². The number of anilines is 1. The first-order valence-corrected chi connectivity index (χ1v) is 14.9. The lowest BCUT2D eigenvalue weighted by molar-refractivity contribution is -0.132. The molecule has 1 aliphatic rings. The van der Waals surface area contributed by atoms with Crippen LogP contribution < -0.4 is 19.1 Å². The van der Waals surface area contributed by atoms with Crippen molar-refractivity contribution in [1.29, 1.82) is 0 Å². The van der Waals surface area contributed by atoms with Crippen LogP contribution in [0.15, 0.2) is 66.2 Å². The summed E-state index contributed by atoms with van der Waals surface area (Å²) in [6.07, 6.45) is 2.70. The van der Waals surface area contributed by atoms with E-state index in [-0.39, 0.29) is 11.3 Å². The first kappa shape index (κ1) is 29.1. The van der Waals surface area contributed by atoms with E-state index in [0.29, 0.717) is 46.7 Å². The van der Waals surface area contributed by atoms with Gasteiger partial charge in [0.1, 0.15) is 11.5 Å². The van der Waals surface area contributed by atoms with Gasteiger partial charge in [0, 0.05) is 5.56 Å². The highest BCUT2D eigenvalue weighted by atomic mass is 32.1. The van der Waals surface area contributed by atoms with E-state index in [1.54, 1.807) is 49.6 Å². The number of methoxy groups -OCH3 is 1. The van der Waals surface area contributed by atoms with Crippen molar-refractivity contribution in [1.82, 2.24) is 4.98 Å². The number of thiazole rings is 1. The molecule has 9 heteroatoms. The minimum atomic E-state index is -0.953. The molecule has 0 bridgehead atoms. The third-order valence-corrected chi connectivity index (χ3v) is 8.04. The molecular formula is C33H34N2O6S. The largest absolute Gasteiger partial charge is 0.507 e. The Morgan fingerprint density at radius 3 is 2.57 bits per heavy atom. The lowest BCUT2D eigenvalue weighted by Gasteiger charge is -2.24. The fraction of sp³-hybridized carbons (Fsp3) is 0.303. The maximum absolute atomic E-state index is 13.7. The number of carbonyl (C=O) groups is 2. The molecule has 5 rings (SSSR count). The standard InChI is InChI=1S/C33H34N2O6S/c1-5-7-16-41-25-14-12-21(19-26(25)39-4)29-28(30(36)22-9-8-10-23(18-22)40-15-6-2)31(37)32(38)35(29)33-34-24-13-11-20(3)17-27(24)42-33/h8-14,17-19,29,36H,5-7,15-16H2,1-4H3. The Bertz CT molecular complexity index is 1660. The fourth-order valence-electron chi connectivity index (χ4n) is 4.88. The van der Waals surface area contributed by atoms with E-state index in [1.165, 1.54) is 16.2 Å². The molecule has 0 radical (unpaired) electrons. The average Bonchev–Trinajstić information content (AvgIpc) is 3.53. The van der Waals surface area contributed by atoms with Gasteiger partial charge in [-0.2, -0.15) is 0 Å². The molecule has 1 atom stereocenters. The Kier molecular flexibility index (Phi) is 8.77. The Hall–Kier alpha value is -4.37. The van der Waals surface area contributed by atoms with Gasteiger partial charge in [-0.3, -0.25) is 14.5 Å². The summed E-state index contributed by atoms with van der Waals surface area (Å²) in [6.45, 7) is 7.12. The monoisotopic (exact) mass is 586 g/mol. The highest BCUT2D eigenvalue weighted by molar-refractivity contribution is 7.22. The van der Waals surface area contributed by atoms with Crippen molar-refractivity contribution < 1.29 is 28.9 Å². The number of hydrogen-bond donors (Lipinski definition) is 1. The number of nitrogens with zero attached hydrogens (tertiary/aromatic N) is 2. The molecule has 0 saturated carbocycles. The maximum atomic E-state index is 13.7. The van der Waals surface area contributed by atoms with Crippen molar-refractivity contribution in [3.8, 4) is 17.2 Å². The van der Waals surface area contributed by atoms with Crippen LogP contribution in [-0.2, 0) is 9.59 Å². The quantitative estimate of drug-likeness (QED) is 0.0858. The summed E-state index contributed by atoms with van der Waals surface area (Å²) in [6, 6.07) is 17.1. The topological polar surface area (TPSA) is 98.2 Å². The second kappa shape index (κ2) is 12.7. The Morgan fingerprint density at radius 2 is 1.81 bits per heavy atom. The number of hydrogen-bond acceptors (Lipinski definition) is 8. The molecule has 1 unspecified atom stereocenters. The van der Waals surface area contributed by atoms with E-state index in [1.807, 2.05) is 32.0 Å². The van der Waals surface area contributed by atoms with Gasteiger partial charge in [-0.05, 0) is 67.3 Å². The highest BCUT2D eigenvalue weighted by Crippen LogP contribution is 2.46. The number of amides is 1. The van der Waals surface area contributed by atoms with Crippen LogP contribution in [0, 0.1) is 6.92 Å². The summed E-state index contributed by atoms with van der Waals surface area (Å²) >= 11 is 1.32. The summed E-state index contributed by atoms with van der Waals surface area (Å²) in [4.78, 5) is 33.5. The number of ketones is 1. The molecule has 1 amide bonds. The number of benzene rings is 3. The zero-order valence-corrected chi connectivity index (χ0v) is 25.0. The average molecular weight is 587 g/mol. The van der Waals surface area contributed by atoms with Crippen molar-refractivity contribution >= 4 is 44.1 Å². The number of aryl methyl sites for hydroxylation is 1. The van der Waals surface area contributed by atoms with Crippen molar-refractivity contribution in [2.75, 3.05) is 25.2 Å². The highest BCUT2D eigenvalue weighted by Gasteiger charge is 2.48. The van der Waals surface area contributed by atoms with E-state index in [0.717, 1.165) is 35.0 Å². The van der Waals surface area contributed by atoms with Gasteiger partial charge in [-0.15, -0.1) is 0 Å². The normalized spacial score (nSPS) is 16.3. The summed E-state index contributed by atoms with van der Waals surface area (Å²) in [7, 11) is 1.54. The third kappa shape index (κ3) is 5.69. The van der Waals surface area contributed by atoms with Gasteiger partial charge in [-0.25, -0.2) is 4.98 Å². The summed E-state index contributed by atoms with van der Waals surface area (Å²) in [5.41, 5.74) is 2.69. The molecule has 1 aliphatic heterocycles. The summed E-state index contributed by atoms with van der Waals surface area (Å²) in [5.74, 6) is -0.273. The first-order valence-electron chi connectivity index (χ1n) is 14.1. The second-order valence-electron chi connectivity index (χ2n) is 10.1. The number of ether oxygens (including phenoxy) is 3. The van der Waals surface area contributed by atoms with Crippen LogP contribution in [0.5, 0.6) is 17.2 Å². The van der Waals surface area contributed by atoms with Crippen molar-refractivity contribution in [2.24, 2.45) is 0 Å². The molecule has 8 nitrogen and oxygen atoms in total. The van der Waals surface area contributed by atoms with E-state index in [2.05, 4.69) is 6.92 Å². The molecule has 0 spiro atoms.